The van der Waals surface area contributed by atoms with E-state index in [1.165, 1.54) is 6.92 Å². The Kier molecular flexibility index (Phi) is 7.65. The molecule has 0 aliphatic rings. The van der Waals surface area contributed by atoms with Crippen LogP contribution < -0.4 is 0 Å². The molecule has 15 heavy (non-hydrogen) atoms. The molecule has 0 rings (SSSR count). The van der Waals surface area contributed by atoms with Gasteiger partial charge in [-0.2, -0.15) is 0 Å². The number of carbonyl (C=O) groups is 1. The van der Waals surface area contributed by atoms with Crippen molar-refractivity contribution >= 4 is 13.3 Å². The molecule has 90 valence electrons. The molecule has 1 atom stereocenters. The third-order valence-corrected chi connectivity index (χ3v) is 3.94. The minimum Gasteiger partial charge on any atom is -0.463 e. The predicted molar refractivity (Wildman–Crippen MR) is 57.2 cm³/mol. The van der Waals surface area contributed by atoms with Gasteiger partial charge in [0.25, 0.3) is 0 Å². The van der Waals surface area contributed by atoms with E-state index in [0.29, 0.717) is 12.8 Å². The zero-order valence-corrected chi connectivity index (χ0v) is 10.4. The molecule has 1 unspecified atom stereocenters. The van der Waals surface area contributed by atoms with Crippen LogP contribution in [0, 0.1) is 0 Å². The topological polar surface area (TPSA) is 61.8 Å². The molecule has 6 heteroatoms. The molecule has 0 aromatic carbocycles. The molecule has 0 aromatic heterocycles. The summed E-state index contributed by atoms with van der Waals surface area (Å²) in [4.78, 5) is 10.4. The summed E-state index contributed by atoms with van der Waals surface area (Å²) in [5.41, 5.74) is 0. The highest BCUT2D eigenvalue weighted by atomic mass is 31.2. The number of ether oxygens (including phenoxy) is 2. The van der Waals surface area contributed by atoms with E-state index in [4.69, 9.17) is 9.26 Å². The smallest absolute Gasteiger partial charge is 0.302 e. The van der Waals surface area contributed by atoms with Crippen molar-refractivity contribution < 1.29 is 23.4 Å². The summed E-state index contributed by atoms with van der Waals surface area (Å²) >= 11 is 0. The third-order valence-electron chi connectivity index (χ3n) is 1.67. The van der Waals surface area contributed by atoms with Gasteiger partial charge in [0.1, 0.15) is 13.0 Å². The SMILES string of the molecule is CCOP(=O)(CC)COCCOC(C)=O. The molecule has 0 heterocycles. The van der Waals surface area contributed by atoms with Crippen LogP contribution in [0.4, 0.5) is 0 Å². The van der Waals surface area contributed by atoms with E-state index in [1.54, 1.807) is 13.8 Å². The maximum Gasteiger partial charge on any atom is 0.302 e. The van der Waals surface area contributed by atoms with E-state index in [0.717, 1.165) is 0 Å². The molecule has 0 aromatic rings. The third kappa shape index (κ3) is 7.54. The van der Waals surface area contributed by atoms with Crippen molar-refractivity contribution in [3.05, 3.63) is 0 Å². The van der Waals surface area contributed by atoms with Crippen molar-refractivity contribution in [2.24, 2.45) is 0 Å². The van der Waals surface area contributed by atoms with Crippen molar-refractivity contribution in [1.29, 1.82) is 0 Å². The Bertz CT molecular complexity index is 229. The first-order valence-electron chi connectivity index (χ1n) is 4.97. The van der Waals surface area contributed by atoms with Crippen molar-refractivity contribution in [3.63, 3.8) is 0 Å². The fraction of sp³-hybridized carbons (Fsp3) is 0.889. The lowest BCUT2D eigenvalue weighted by atomic mass is 10.7. The van der Waals surface area contributed by atoms with Gasteiger partial charge >= 0.3 is 5.97 Å². The summed E-state index contributed by atoms with van der Waals surface area (Å²) in [6, 6.07) is 0. The molecular formula is C9H19O5P. The summed E-state index contributed by atoms with van der Waals surface area (Å²) in [6.07, 6.45) is 0.535. The first kappa shape index (κ1) is 14.6. The van der Waals surface area contributed by atoms with Gasteiger partial charge in [-0.15, -0.1) is 0 Å². The largest absolute Gasteiger partial charge is 0.463 e. The minimum atomic E-state index is -2.63. The number of rotatable bonds is 8. The van der Waals surface area contributed by atoms with E-state index in [9.17, 15) is 9.36 Å². The molecule has 0 amide bonds. The second kappa shape index (κ2) is 7.85. The van der Waals surface area contributed by atoms with Crippen LogP contribution in [0.15, 0.2) is 0 Å². The van der Waals surface area contributed by atoms with Crippen molar-refractivity contribution in [2.75, 3.05) is 32.3 Å². The van der Waals surface area contributed by atoms with Crippen molar-refractivity contribution in [2.45, 2.75) is 20.8 Å². The van der Waals surface area contributed by atoms with Gasteiger partial charge in [-0.05, 0) is 6.92 Å². The van der Waals surface area contributed by atoms with Gasteiger partial charge in [-0.25, -0.2) is 0 Å². The monoisotopic (exact) mass is 238 g/mol. The normalized spacial score (nSPS) is 14.6. The second-order valence-corrected chi connectivity index (χ2v) is 5.70. The lowest BCUT2D eigenvalue weighted by Gasteiger charge is -2.15. The molecule has 0 fully saturated rings. The molecule has 0 radical (unpaired) electrons. The predicted octanol–water partition coefficient (Wildman–Crippen LogP) is 1.86. The highest BCUT2D eigenvalue weighted by Crippen LogP contribution is 2.45. The van der Waals surface area contributed by atoms with Crippen LogP contribution in [-0.2, 0) is 23.4 Å². The van der Waals surface area contributed by atoms with Crippen LogP contribution in [0.3, 0.4) is 0 Å². The maximum atomic E-state index is 11.8. The van der Waals surface area contributed by atoms with E-state index >= 15 is 0 Å². The Labute approximate surface area is 90.5 Å². The van der Waals surface area contributed by atoms with Gasteiger partial charge in [0.2, 0.25) is 7.37 Å². The molecule has 0 saturated carbocycles. The fourth-order valence-electron chi connectivity index (χ4n) is 0.903. The summed E-state index contributed by atoms with van der Waals surface area (Å²) in [6.45, 7) is 5.77. The summed E-state index contributed by atoms with van der Waals surface area (Å²) in [5, 5.41) is 0. The molecular weight excluding hydrogens is 219 g/mol. The Morgan fingerprint density at radius 1 is 1.27 bits per heavy atom. The van der Waals surface area contributed by atoms with Gasteiger partial charge in [-0.1, -0.05) is 6.92 Å². The lowest BCUT2D eigenvalue weighted by Crippen LogP contribution is -2.09. The van der Waals surface area contributed by atoms with Crippen molar-refractivity contribution in [1.82, 2.24) is 0 Å². The average molecular weight is 238 g/mol. The standard InChI is InChI=1S/C9H19O5P/c1-4-14-15(11,5-2)8-12-6-7-13-9(3)10/h4-8H2,1-3H3. The average Bonchev–Trinajstić information content (AvgIpc) is 2.17. The zero-order valence-electron chi connectivity index (χ0n) is 9.52. The molecule has 0 N–H and O–H groups in total. The van der Waals surface area contributed by atoms with Crippen LogP contribution in [0.2, 0.25) is 0 Å². The minimum absolute atomic E-state index is 0.0819. The highest BCUT2D eigenvalue weighted by Gasteiger charge is 2.19. The Hall–Kier alpha value is -0.380. The Morgan fingerprint density at radius 2 is 1.93 bits per heavy atom. The zero-order chi connectivity index (χ0) is 11.7. The number of hydrogen-bond acceptors (Lipinski definition) is 5. The molecule has 0 aliphatic carbocycles. The second-order valence-electron chi connectivity index (χ2n) is 2.93. The van der Waals surface area contributed by atoms with Crippen LogP contribution in [0.25, 0.3) is 0 Å². The van der Waals surface area contributed by atoms with Crippen LogP contribution in [0.5, 0.6) is 0 Å². The van der Waals surface area contributed by atoms with Gasteiger partial charge in [0.15, 0.2) is 0 Å². The van der Waals surface area contributed by atoms with Gasteiger partial charge in [-0.3, -0.25) is 9.36 Å². The Morgan fingerprint density at radius 3 is 2.40 bits per heavy atom. The lowest BCUT2D eigenvalue weighted by molar-refractivity contribution is -0.142. The molecule has 0 aliphatic heterocycles. The van der Waals surface area contributed by atoms with Gasteiger partial charge in [0.05, 0.1) is 13.2 Å². The summed E-state index contributed by atoms with van der Waals surface area (Å²) in [5.74, 6) is -0.345. The number of carbonyl (C=O) groups excluding carboxylic acids is 1. The first-order chi connectivity index (χ1) is 7.04. The van der Waals surface area contributed by atoms with Crippen molar-refractivity contribution in [3.8, 4) is 0 Å². The fourth-order valence-corrected chi connectivity index (χ4v) is 2.22. The first-order valence-corrected chi connectivity index (χ1v) is 6.97. The molecule has 0 bridgehead atoms. The number of esters is 1. The van der Waals surface area contributed by atoms with Crippen LogP contribution >= 0.6 is 7.37 Å². The van der Waals surface area contributed by atoms with E-state index in [2.05, 4.69) is 4.74 Å². The summed E-state index contributed by atoms with van der Waals surface area (Å²) < 4.78 is 26.7. The molecule has 0 saturated heterocycles. The van der Waals surface area contributed by atoms with Crippen LogP contribution in [0.1, 0.15) is 20.8 Å². The van der Waals surface area contributed by atoms with Gasteiger partial charge < -0.3 is 14.0 Å². The maximum absolute atomic E-state index is 11.8. The van der Waals surface area contributed by atoms with Crippen LogP contribution in [-0.4, -0.2) is 38.3 Å². The highest BCUT2D eigenvalue weighted by molar-refractivity contribution is 7.58. The van der Waals surface area contributed by atoms with E-state index in [1.807, 2.05) is 0 Å². The summed E-state index contributed by atoms with van der Waals surface area (Å²) in [7, 11) is -2.63. The quantitative estimate of drug-likeness (QED) is 0.367. The Balaban J connectivity index is 3.63. The molecule has 0 spiro atoms. The van der Waals surface area contributed by atoms with E-state index < -0.39 is 7.37 Å². The van der Waals surface area contributed by atoms with E-state index in [-0.39, 0.29) is 25.5 Å². The van der Waals surface area contributed by atoms with Gasteiger partial charge in [0, 0.05) is 13.1 Å². The molecule has 5 nitrogen and oxygen atoms in total. The number of hydrogen-bond donors (Lipinski definition) is 0.